The molecule has 1 amide bonds. The number of hydrogen-bond acceptors (Lipinski definition) is 2. The van der Waals surface area contributed by atoms with Crippen LogP contribution in [0.3, 0.4) is 0 Å². The smallest absolute Gasteiger partial charge is 0.255 e. The quantitative estimate of drug-likeness (QED) is 0.894. The number of fused-ring (bicyclic) bond motifs is 1. The van der Waals surface area contributed by atoms with Gasteiger partial charge in [0, 0.05) is 16.3 Å². The predicted octanol–water partition coefficient (Wildman–Crippen LogP) is 4.37. The van der Waals surface area contributed by atoms with Gasteiger partial charge in [0.1, 0.15) is 12.4 Å². The Bertz CT molecular complexity index is 760. The highest BCUT2D eigenvalue weighted by atomic mass is 35.5. The lowest BCUT2D eigenvalue weighted by Crippen LogP contribution is -2.21. The normalized spacial score (nSPS) is 13.0. The van der Waals surface area contributed by atoms with E-state index in [0.29, 0.717) is 10.6 Å². The van der Waals surface area contributed by atoms with Crippen molar-refractivity contribution in [3.63, 3.8) is 0 Å². The first kappa shape index (κ1) is 14.7. The number of rotatable bonds is 2. The summed E-state index contributed by atoms with van der Waals surface area (Å²) in [6.45, 7) is 4.26. The molecule has 0 saturated carbocycles. The Labute approximate surface area is 134 Å². The average molecular weight is 314 g/mol. The summed E-state index contributed by atoms with van der Waals surface area (Å²) in [5.74, 6) is 0.586. The molecule has 0 saturated heterocycles. The summed E-state index contributed by atoms with van der Waals surface area (Å²) in [5, 5.41) is 3.54. The van der Waals surface area contributed by atoms with Crippen molar-refractivity contribution < 1.29 is 9.53 Å². The van der Waals surface area contributed by atoms with Crippen molar-refractivity contribution in [3.8, 4) is 5.75 Å². The van der Waals surface area contributed by atoms with Crippen LogP contribution in [0.4, 0.5) is 5.69 Å². The SMILES string of the molecule is Cc1cc(C)cc(NC(=O)C2=Cc3cc(Cl)ccc3OC2)c1. The minimum absolute atomic E-state index is 0.157. The van der Waals surface area contributed by atoms with Gasteiger partial charge in [-0.05, 0) is 61.4 Å². The molecule has 0 atom stereocenters. The largest absolute Gasteiger partial charge is 0.488 e. The zero-order chi connectivity index (χ0) is 15.7. The van der Waals surface area contributed by atoms with Gasteiger partial charge in [-0.25, -0.2) is 0 Å². The second kappa shape index (κ2) is 5.85. The first-order chi connectivity index (χ1) is 10.5. The molecule has 1 aliphatic rings. The van der Waals surface area contributed by atoms with Crippen LogP contribution in [0.2, 0.25) is 5.02 Å². The van der Waals surface area contributed by atoms with Crippen LogP contribution in [0.5, 0.6) is 5.75 Å². The molecule has 112 valence electrons. The monoisotopic (exact) mass is 313 g/mol. The van der Waals surface area contributed by atoms with Crippen molar-refractivity contribution in [2.45, 2.75) is 13.8 Å². The molecule has 0 unspecified atom stereocenters. The van der Waals surface area contributed by atoms with Gasteiger partial charge in [0.05, 0.1) is 5.57 Å². The molecule has 3 nitrogen and oxygen atoms in total. The highest BCUT2D eigenvalue weighted by Crippen LogP contribution is 2.29. The van der Waals surface area contributed by atoms with E-state index in [0.717, 1.165) is 28.1 Å². The number of benzene rings is 2. The maximum atomic E-state index is 12.4. The molecular weight excluding hydrogens is 298 g/mol. The third-order valence-electron chi connectivity index (χ3n) is 3.46. The van der Waals surface area contributed by atoms with Gasteiger partial charge in [-0.2, -0.15) is 0 Å². The van der Waals surface area contributed by atoms with E-state index in [9.17, 15) is 4.79 Å². The summed E-state index contributed by atoms with van der Waals surface area (Å²) in [5.41, 5.74) is 4.42. The molecule has 22 heavy (non-hydrogen) atoms. The second-order valence-corrected chi connectivity index (χ2v) is 5.91. The third-order valence-corrected chi connectivity index (χ3v) is 3.69. The summed E-state index contributed by atoms with van der Waals surface area (Å²) in [7, 11) is 0. The Kier molecular flexibility index (Phi) is 3.90. The van der Waals surface area contributed by atoms with Crippen molar-refractivity contribution in [3.05, 3.63) is 63.7 Å². The molecular formula is C18H16ClNO2. The number of amides is 1. The number of nitrogens with one attached hydrogen (secondary N) is 1. The Morgan fingerprint density at radius 3 is 2.59 bits per heavy atom. The van der Waals surface area contributed by atoms with Gasteiger partial charge in [-0.3, -0.25) is 4.79 Å². The topological polar surface area (TPSA) is 38.3 Å². The van der Waals surface area contributed by atoms with Gasteiger partial charge in [0.2, 0.25) is 0 Å². The van der Waals surface area contributed by atoms with Crippen molar-refractivity contribution in [1.82, 2.24) is 0 Å². The number of carbonyl (C=O) groups excluding carboxylic acids is 1. The third kappa shape index (κ3) is 3.15. The molecule has 0 fully saturated rings. The van der Waals surface area contributed by atoms with Gasteiger partial charge in [0.25, 0.3) is 5.91 Å². The zero-order valence-corrected chi connectivity index (χ0v) is 13.2. The minimum atomic E-state index is -0.157. The highest BCUT2D eigenvalue weighted by molar-refractivity contribution is 6.30. The van der Waals surface area contributed by atoms with Crippen LogP contribution >= 0.6 is 11.6 Å². The van der Waals surface area contributed by atoms with E-state index in [1.54, 1.807) is 12.1 Å². The average Bonchev–Trinajstić information content (AvgIpc) is 2.45. The van der Waals surface area contributed by atoms with Crippen LogP contribution < -0.4 is 10.1 Å². The van der Waals surface area contributed by atoms with Crippen molar-refractivity contribution >= 4 is 29.3 Å². The molecule has 1 heterocycles. The summed E-state index contributed by atoms with van der Waals surface area (Å²) < 4.78 is 5.61. The summed E-state index contributed by atoms with van der Waals surface area (Å²) in [6.07, 6.45) is 1.82. The van der Waals surface area contributed by atoms with E-state index in [-0.39, 0.29) is 12.5 Å². The van der Waals surface area contributed by atoms with Gasteiger partial charge < -0.3 is 10.1 Å². The number of hydrogen-bond donors (Lipinski definition) is 1. The number of ether oxygens (including phenoxy) is 1. The molecule has 0 aliphatic carbocycles. The van der Waals surface area contributed by atoms with Crippen LogP contribution in [0.15, 0.2) is 42.0 Å². The van der Waals surface area contributed by atoms with Gasteiger partial charge in [-0.1, -0.05) is 17.7 Å². The van der Waals surface area contributed by atoms with Crippen LogP contribution in [0.1, 0.15) is 16.7 Å². The fourth-order valence-electron chi connectivity index (χ4n) is 2.54. The first-order valence-electron chi connectivity index (χ1n) is 7.04. The maximum absolute atomic E-state index is 12.4. The number of halogens is 1. The zero-order valence-electron chi connectivity index (χ0n) is 12.4. The second-order valence-electron chi connectivity index (χ2n) is 5.47. The summed E-state index contributed by atoms with van der Waals surface area (Å²) in [4.78, 5) is 12.4. The van der Waals surface area contributed by atoms with Crippen LogP contribution in [0.25, 0.3) is 6.08 Å². The Hall–Kier alpha value is -2.26. The summed E-state index contributed by atoms with van der Waals surface area (Å²) >= 11 is 5.98. The van der Waals surface area contributed by atoms with E-state index < -0.39 is 0 Å². The predicted molar refractivity (Wildman–Crippen MR) is 89.5 cm³/mol. The molecule has 2 aromatic carbocycles. The Morgan fingerprint density at radius 2 is 1.86 bits per heavy atom. The van der Waals surface area contributed by atoms with E-state index in [1.807, 2.05) is 38.1 Å². The molecule has 2 aromatic rings. The van der Waals surface area contributed by atoms with Crippen molar-refractivity contribution in [2.24, 2.45) is 0 Å². The molecule has 4 heteroatoms. The lowest BCUT2D eigenvalue weighted by atomic mass is 10.1. The minimum Gasteiger partial charge on any atom is -0.488 e. The lowest BCUT2D eigenvalue weighted by molar-refractivity contribution is -0.113. The molecule has 0 aromatic heterocycles. The maximum Gasteiger partial charge on any atom is 0.255 e. The van der Waals surface area contributed by atoms with E-state index in [2.05, 4.69) is 11.4 Å². The molecule has 0 bridgehead atoms. The fourth-order valence-corrected chi connectivity index (χ4v) is 2.72. The van der Waals surface area contributed by atoms with E-state index in [4.69, 9.17) is 16.3 Å². The first-order valence-corrected chi connectivity index (χ1v) is 7.41. The molecule has 3 rings (SSSR count). The van der Waals surface area contributed by atoms with Gasteiger partial charge in [0.15, 0.2) is 0 Å². The molecule has 1 N–H and O–H groups in total. The van der Waals surface area contributed by atoms with Crippen molar-refractivity contribution in [2.75, 3.05) is 11.9 Å². The number of carbonyl (C=O) groups is 1. The highest BCUT2D eigenvalue weighted by Gasteiger charge is 2.17. The Balaban J connectivity index is 1.84. The van der Waals surface area contributed by atoms with Crippen molar-refractivity contribution in [1.29, 1.82) is 0 Å². The molecule has 0 spiro atoms. The van der Waals surface area contributed by atoms with E-state index in [1.165, 1.54) is 0 Å². The van der Waals surface area contributed by atoms with Gasteiger partial charge >= 0.3 is 0 Å². The van der Waals surface area contributed by atoms with E-state index >= 15 is 0 Å². The Morgan fingerprint density at radius 1 is 1.14 bits per heavy atom. The van der Waals surface area contributed by atoms with Crippen LogP contribution in [-0.2, 0) is 4.79 Å². The lowest BCUT2D eigenvalue weighted by Gasteiger charge is -2.18. The van der Waals surface area contributed by atoms with Crippen LogP contribution in [0, 0.1) is 13.8 Å². The fraction of sp³-hybridized carbons (Fsp3) is 0.167. The van der Waals surface area contributed by atoms with Crippen LogP contribution in [-0.4, -0.2) is 12.5 Å². The molecule has 0 radical (unpaired) electrons. The van der Waals surface area contributed by atoms with Gasteiger partial charge in [-0.15, -0.1) is 0 Å². The summed E-state index contributed by atoms with van der Waals surface area (Å²) in [6, 6.07) is 11.3. The number of aryl methyl sites for hydroxylation is 2. The number of anilines is 1. The molecule has 1 aliphatic heterocycles. The standard InChI is InChI=1S/C18H16ClNO2/c1-11-5-12(2)7-16(6-11)20-18(21)14-8-13-9-15(19)3-4-17(13)22-10-14/h3-9H,10H2,1-2H3,(H,20,21).